The Kier molecular flexibility index (Phi) is 4.20. The number of hydrogen-bond donors (Lipinski definition) is 1. The van der Waals surface area contributed by atoms with Crippen molar-refractivity contribution in [2.75, 3.05) is 0 Å². The number of hydrogen-bond acceptors (Lipinski definition) is 4. The SMILES string of the molecule is CC(C)(c1ccc2c3ccccc3n(-c3cnccn3)c2c1)c1ccc2cccc(O)c2n1. The van der Waals surface area contributed by atoms with Gasteiger partial charge in [0.1, 0.15) is 11.3 Å². The quantitative estimate of drug-likeness (QED) is 0.366. The van der Waals surface area contributed by atoms with Crippen molar-refractivity contribution in [1.29, 1.82) is 0 Å². The molecule has 0 aliphatic rings. The first-order valence-corrected chi connectivity index (χ1v) is 10.9. The summed E-state index contributed by atoms with van der Waals surface area (Å²) in [5.74, 6) is 0.982. The molecular weight excluding hydrogens is 408 g/mol. The van der Waals surface area contributed by atoms with Gasteiger partial charge in [-0.25, -0.2) is 9.97 Å². The van der Waals surface area contributed by atoms with E-state index < -0.39 is 0 Å². The molecule has 0 radical (unpaired) electrons. The molecule has 3 aromatic heterocycles. The zero-order chi connectivity index (χ0) is 22.6. The van der Waals surface area contributed by atoms with E-state index in [0.717, 1.165) is 33.5 Å². The van der Waals surface area contributed by atoms with Gasteiger partial charge < -0.3 is 5.11 Å². The third-order valence-electron chi connectivity index (χ3n) is 6.51. The van der Waals surface area contributed by atoms with Crippen molar-refractivity contribution >= 4 is 32.7 Å². The maximum Gasteiger partial charge on any atom is 0.156 e. The van der Waals surface area contributed by atoms with Crippen LogP contribution < -0.4 is 0 Å². The fourth-order valence-corrected chi connectivity index (χ4v) is 4.64. The number of benzene rings is 3. The highest BCUT2D eigenvalue weighted by atomic mass is 16.3. The molecule has 0 spiro atoms. The van der Waals surface area contributed by atoms with Crippen LogP contribution in [0.25, 0.3) is 38.5 Å². The molecular formula is C28H22N4O. The summed E-state index contributed by atoms with van der Waals surface area (Å²) in [6.07, 6.45) is 5.19. The summed E-state index contributed by atoms with van der Waals surface area (Å²) in [6, 6.07) is 24.5. The van der Waals surface area contributed by atoms with E-state index in [1.54, 1.807) is 24.7 Å². The lowest BCUT2D eigenvalue weighted by Crippen LogP contribution is -2.20. The highest BCUT2D eigenvalue weighted by Crippen LogP contribution is 2.37. The third-order valence-corrected chi connectivity index (χ3v) is 6.51. The van der Waals surface area contributed by atoms with Crippen molar-refractivity contribution < 1.29 is 5.11 Å². The van der Waals surface area contributed by atoms with Crippen LogP contribution in [0.5, 0.6) is 5.75 Å². The monoisotopic (exact) mass is 430 g/mol. The fourth-order valence-electron chi connectivity index (χ4n) is 4.64. The maximum atomic E-state index is 10.3. The molecule has 0 bridgehead atoms. The summed E-state index contributed by atoms with van der Waals surface area (Å²) in [5, 5.41) is 13.6. The molecule has 0 fully saturated rings. The van der Waals surface area contributed by atoms with Gasteiger partial charge in [-0.15, -0.1) is 0 Å². The summed E-state index contributed by atoms with van der Waals surface area (Å²) >= 11 is 0. The number of phenols is 1. The molecule has 1 N–H and O–H groups in total. The average Bonchev–Trinajstić information content (AvgIpc) is 3.18. The lowest BCUT2D eigenvalue weighted by molar-refractivity contribution is 0.480. The fraction of sp³-hybridized carbons (Fsp3) is 0.107. The Morgan fingerprint density at radius 3 is 2.52 bits per heavy atom. The molecule has 3 heterocycles. The van der Waals surface area contributed by atoms with Crippen LogP contribution in [0.4, 0.5) is 0 Å². The maximum absolute atomic E-state index is 10.3. The van der Waals surface area contributed by atoms with Crippen LogP contribution in [0.1, 0.15) is 25.1 Å². The van der Waals surface area contributed by atoms with Gasteiger partial charge in [0, 0.05) is 34.0 Å². The molecule has 6 aromatic rings. The number of aromatic nitrogens is 4. The normalized spacial score (nSPS) is 12.1. The van der Waals surface area contributed by atoms with Crippen molar-refractivity contribution in [2.24, 2.45) is 0 Å². The third kappa shape index (κ3) is 2.97. The summed E-state index contributed by atoms with van der Waals surface area (Å²) < 4.78 is 2.16. The Hall–Kier alpha value is -4.25. The molecule has 6 rings (SSSR count). The predicted molar refractivity (Wildman–Crippen MR) is 132 cm³/mol. The Morgan fingerprint density at radius 1 is 0.818 bits per heavy atom. The lowest BCUT2D eigenvalue weighted by atomic mass is 9.80. The zero-order valence-electron chi connectivity index (χ0n) is 18.4. The molecule has 0 aliphatic carbocycles. The van der Waals surface area contributed by atoms with Gasteiger partial charge in [-0.1, -0.05) is 62.4 Å². The second-order valence-corrected chi connectivity index (χ2v) is 8.82. The van der Waals surface area contributed by atoms with Crippen LogP contribution in [0.2, 0.25) is 0 Å². The largest absolute Gasteiger partial charge is 0.506 e. The van der Waals surface area contributed by atoms with Gasteiger partial charge in [0.15, 0.2) is 5.82 Å². The van der Waals surface area contributed by atoms with Gasteiger partial charge in [0.2, 0.25) is 0 Å². The first-order valence-electron chi connectivity index (χ1n) is 10.9. The van der Waals surface area contributed by atoms with Crippen LogP contribution in [0.15, 0.2) is 91.4 Å². The van der Waals surface area contributed by atoms with Crippen LogP contribution in [0, 0.1) is 0 Å². The molecule has 33 heavy (non-hydrogen) atoms. The lowest BCUT2D eigenvalue weighted by Gasteiger charge is -2.25. The van der Waals surface area contributed by atoms with Gasteiger partial charge in [-0.2, -0.15) is 0 Å². The highest BCUT2D eigenvalue weighted by molar-refractivity contribution is 6.09. The smallest absolute Gasteiger partial charge is 0.156 e. The molecule has 0 saturated heterocycles. The highest BCUT2D eigenvalue weighted by Gasteiger charge is 2.27. The first kappa shape index (κ1) is 19.4. The Morgan fingerprint density at radius 2 is 1.67 bits per heavy atom. The molecule has 0 saturated carbocycles. The van der Waals surface area contributed by atoms with E-state index in [4.69, 9.17) is 4.98 Å². The standard InChI is InChI=1S/C28H22N4O/c1-28(2,25-13-10-18-6-5-9-24(33)27(18)31-25)19-11-12-21-20-7-3-4-8-22(20)32(23(21)16-19)26-17-29-14-15-30-26/h3-17,33H,1-2H3. The number of aromatic hydroxyl groups is 1. The predicted octanol–water partition coefficient (Wildman–Crippen LogP) is 6.15. The van der Waals surface area contributed by atoms with E-state index in [2.05, 4.69) is 64.8 Å². The van der Waals surface area contributed by atoms with Crippen molar-refractivity contribution in [3.8, 4) is 11.6 Å². The van der Waals surface area contributed by atoms with Crippen molar-refractivity contribution in [3.63, 3.8) is 0 Å². The summed E-state index contributed by atoms with van der Waals surface area (Å²) in [4.78, 5) is 13.7. The van der Waals surface area contributed by atoms with Gasteiger partial charge in [-0.3, -0.25) is 9.55 Å². The molecule has 5 heteroatoms. The summed E-state index contributed by atoms with van der Waals surface area (Å²) in [6.45, 7) is 4.33. The van der Waals surface area contributed by atoms with Crippen LogP contribution in [-0.4, -0.2) is 24.6 Å². The van der Waals surface area contributed by atoms with Gasteiger partial charge in [0.05, 0.1) is 22.9 Å². The minimum Gasteiger partial charge on any atom is -0.506 e. The first-order chi connectivity index (χ1) is 16.0. The number of rotatable bonds is 3. The molecule has 3 aromatic carbocycles. The molecule has 0 aliphatic heterocycles. The minimum atomic E-state index is -0.381. The number of nitrogens with zero attached hydrogens (tertiary/aromatic N) is 4. The van der Waals surface area contributed by atoms with Crippen molar-refractivity contribution in [1.82, 2.24) is 19.5 Å². The van der Waals surface area contributed by atoms with Crippen molar-refractivity contribution in [2.45, 2.75) is 19.3 Å². The second-order valence-electron chi connectivity index (χ2n) is 8.82. The topological polar surface area (TPSA) is 63.8 Å². The summed E-state index contributed by atoms with van der Waals surface area (Å²) in [7, 11) is 0. The van der Waals surface area contributed by atoms with Gasteiger partial charge in [-0.05, 0) is 29.8 Å². The van der Waals surface area contributed by atoms with E-state index in [-0.39, 0.29) is 11.2 Å². The van der Waals surface area contributed by atoms with E-state index >= 15 is 0 Å². The van der Waals surface area contributed by atoms with E-state index in [1.165, 1.54) is 10.8 Å². The van der Waals surface area contributed by atoms with Gasteiger partial charge >= 0.3 is 0 Å². The van der Waals surface area contributed by atoms with Crippen LogP contribution in [-0.2, 0) is 5.41 Å². The van der Waals surface area contributed by atoms with Crippen LogP contribution >= 0.6 is 0 Å². The van der Waals surface area contributed by atoms with E-state index in [0.29, 0.717) is 5.52 Å². The van der Waals surface area contributed by atoms with E-state index in [1.807, 2.05) is 30.3 Å². The number of phenolic OH excluding ortho intramolecular Hbond substituents is 1. The Labute approximate surface area is 191 Å². The average molecular weight is 431 g/mol. The molecule has 0 unspecified atom stereocenters. The summed E-state index contributed by atoms with van der Waals surface area (Å²) in [5.41, 5.74) is 4.44. The van der Waals surface area contributed by atoms with Crippen molar-refractivity contribution in [3.05, 3.63) is 103 Å². The second kappa shape index (κ2) is 7.14. The molecule has 5 nitrogen and oxygen atoms in total. The molecule has 0 amide bonds. The molecule has 0 atom stereocenters. The van der Waals surface area contributed by atoms with E-state index in [9.17, 15) is 5.11 Å². The Balaban J connectivity index is 1.59. The number of fused-ring (bicyclic) bond motifs is 4. The number of pyridine rings is 1. The van der Waals surface area contributed by atoms with Crippen LogP contribution in [0.3, 0.4) is 0 Å². The zero-order valence-corrected chi connectivity index (χ0v) is 18.4. The molecule has 160 valence electrons. The van der Waals surface area contributed by atoms with Gasteiger partial charge in [0.25, 0.3) is 0 Å². The number of para-hydroxylation sites is 2. The minimum absolute atomic E-state index is 0.198. The Bertz CT molecular complexity index is 1650.